The van der Waals surface area contributed by atoms with Crippen molar-refractivity contribution in [2.24, 2.45) is 0 Å². The molecule has 2 aromatic rings. The molecule has 3 rings (SSSR count). The first-order chi connectivity index (χ1) is 9.58. The number of fused-ring (bicyclic) bond motifs is 1. The number of aromatic nitrogens is 3. The van der Waals surface area contributed by atoms with Crippen LogP contribution in [0.5, 0.6) is 0 Å². The fourth-order valence-electron chi connectivity index (χ4n) is 2.12. The Kier molecular flexibility index (Phi) is 3.01. The summed E-state index contributed by atoms with van der Waals surface area (Å²) in [6.07, 6.45) is 0.354. The Morgan fingerprint density at radius 1 is 1.45 bits per heavy atom. The van der Waals surface area contributed by atoms with Crippen LogP contribution >= 0.6 is 11.8 Å². The molecule has 1 aliphatic heterocycles. The van der Waals surface area contributed by atoms with E-state index in [1.807, 2.05) is 13.0 Å². The number of nitrogens with one attached hydrogen (secondary N) is 2. The molecule has 8 heteroatoms. The first-order valence-electron chi connectivity index (χ1n) is 6.13. The molecular weight excluding hydrogens is 278 g/mol. The molecule has 0 saturated heterocycles. The van der Waals surface area contributed by atoms with Gasteiger partial charge in [-0.1, -0.05) is 0 Å². The highest BCUT2D eigenvalue weighted by atomic mass is 32.2. The van der Waals surface area contributed by atoms with Crippen LogP contribution in [0.4, 0.5) is 11.4 Å². The third-order valence-electron chi connectivity index (χ3n) is 3.10. The molecule has 20 heavy (non-hydrogen) atoms. The van der Waals surface area contributed by atoms with Gasteiger partial charge in [0.1, 0.15) is 0 Å². The van der Waals surface area contributed by atoms with Gasteiger partial charge in [-0.3, -0.25) is 9.36 Å². The Morgan fingerprint density at radius 3 is 3.00 bits per heavy atom. The first kappa shape index (κ1) is 12.8. The van der Waals surface area contributed by atoms with Crippen molar-refractivity contribution in [3.63, 3.8) is 0 Å². The van der Waals surface area contributed by atoms with Gasteiger partial charge in [-0.25, -0.2) is 9.89 Å². The maximum Gasteiger partial charge on any atom is 0.343 e. The van der Waals surface area contributed by atoms with Gasteiger partial charge in [0.2, 0.25) is 5.91 Å². The zero-order chi connectivity index (χ0) is 14.3. The smallest absolute Gasteiger partial charge is 0.343 e. The zero-order valence-corrected chi connectivity index (χ0v) is 11.6. The summed E-state index contributed by atoms with van der Waals surface area (Å²) in [5.74, 6) is -0.0354. The number of amides is 1. The van der Waals surface area contributed by atoms with E-state index >= 15 is 0 Å². The van der Waals surface area contributed by atoms with Crippen molar-refractivity contribution in [1.82, 2.24) is 14.8 Å². The quantitative estimate of drug-likeness (QED) is 0.726. The predicted molar refractivity (Wildman–Crippen MR) is 75.8 cm³/mol. The number of benzene rings is 1. The second-order valence-corrected chi connectivity index (χ2v) is 5.44. The van der Waals surface area contributed by atoms with E-state index < -0.39 is 0 Å². The first-order valence-corrected chi connectivity index (χ1v) is 6.95. The summed E-state index contributed by atoms with van der Waals surface area (Å²) in [6, 6.07) is 3.61. The molecule has 0 fully saturated rings. The number of nitrogen functional groups attached to an aromatic ring is 1. The van der Waals surface area contributed by atoms with Gasteiger partial charge >= 0.3 is 5.69 Å². The van der Waals surface area contributed by atoms with Crippen LogP contribution in [0.3, 0.4) is 0 Å². The standard InChI is InChI=1S/C12H13N5O2S/c1-2-17-11(19)15-16-12(17)20-9-5-8-6(3-7(9)13)4-10(18)14-8/h3,5H,2,4,13H2,1H3,(H,14,18)(H,15,19). The monoisotopic (exact) mass is 291 g/mol. The minimum atomic E-state index is -0.247. The number of rotatable bonds is 3. The molecule has 4 N–H and O–H groups in total. The van der Waals surface area contributed by atoms with Crippen molar-refractivity contribution in [3.8, 4) is 0 Å². The summed E-state index contributed by atoms with van der Waals surface area (Å²) in [4.78, 5) is 23.6. The topological polar surface area (TPSA) is 106 Å². The van der Waals surface area contributed by atoms with Gasteiger partial charge in [-0.15, -0.1) is 5.10 Å². The van der Waals surface area contributed by atoms with Crippen LogP contribution in [0.15, 0.2) is 27.0 Å². The lowest BCUT2D eigenvalue weighted by Gasteiger charge is -2.08. The molecule has 1 aliphatic rings. The van der Waals surface area contributed by atoms with E-state index in [-0.39, 0.29) is 11.6 Å². The average molecular weight is 291 g/mol. The molecule has 0 radical (unpaired) electrons. The van der Waals surface area contributed by atoms with E-state index in [4.69, 9.17) is 5.73 Å². The number of hydrogen-bond acceptors (Lipinski definition) is 5. The lowest BCUT2D eigenvalue weighted by molar-refractivity contribution is -0.115. The number of anilines is 2. The molecule has 0 saturated carbocycles. The van der Waals surface area contributed by atoms with Crippen LogP contribution in [0, 0.1) is 0 Å². The molecule has 0 bridgehead atoms. The number of H-pyrrole nitrogens is 1. The summed E-state index contributed by atoms with van der Waals surface area (Å²) in [5, 5.41) is 9.72. The van der Waals surface area contributed by atoms with Crippen molar-refractivity contribution >= 4 is 29.0 Å². The summed E-state index contributed by atoms with van der Waals surface area (Å²) in [5.41, 5.74) is 7.99. The Labute approximate surface area is 118 Å². The molecule has 0 unspecified atom stereocenters. The highest BCUT2D eigenvalue weighted by molar-refractivity contribution is 7.99. The fourth-order valence-corrected chi connectivity index (χ4v) is 3.08. The molecule has 104 valence electrons. The van der Waals surface area contributed by atoms with E-state index in [1.54, 1.807) is 6.07 Å². The van der Waals surface area contributed by atoms with E-state index in [0.717, 1.165) is 16.1 Å². The fraction of sp³-hybridized carbons (Fsp3) is 0.250. The number of nitrogens with two attached hydrogens (primary N) is 1. The summed E-state index contributed by atoms with van der Waals surface area (Å²) in [6.45, 7) is 2.40. The minimum absolute atomic E-state index is 0.0354. The Bertz CT molecular complexity index is 749. The third kappa shape index (κ3) is 2.07. The second-order valence-electron chi connectivity index (χ2n) is 4.43. The van der Waals surface area contributed by atoms with Gasteiger partial charge in [-0.2, -0.15) is 0 Å². The van der Waals surface area contributed by atoms with Crippen molar-refractivity contribution in [2.45, 2.75) is 29.9 Å². The second kappa shape index (κ2) is 4.71. The molecule has 1 aromatic heterocycles. The van der Waals surface area contributed by atoms with Gasteiger partial charge in [0.25, 0.3) is 0 Å². The maximum absolute atomic E-state index is 11.5. The lowest BCUT2D eigenvalue weighted by Crippen LogP contribution is -2.16. The Balaban J connectivity index is 1.97. The van der Waals surface area contributed by atoms with E-state index in [1.165, 1.54) is 16.3 Å². The van der Waals surface area contributed by atoms with Crippen LogP contribution in [0.1, 0.15) is 12.5 Å². The van der Waals surface area contributed by atoms with E-state index in [0.29, 0.717) is 23.8 Å². The van der Waals surface area contributed by atoms with Crippen LogP contribution in [0.25, 0.3) is 0 Å². The van der Waals surface area contributed by atoms with Crippen LogP contribution in [-0.2, 0) is 17.8 Å². The van der Waals surface area contributed by atoms with Gasteiger partial charge < -0.3 is 11.1 Å². The van der Waals surface area contributed by atoms with Gasteiger partial charge in [0.05, 0.1) is 6.42 Å². The lowest BCUT2D eigenvalue weighted by atomic mass is 10.1. The molecule has 0 spiro atoms. The largest absolute Gasteiger partial charge is 0.398 e. The highest BCUT2D eigenvalue weighted by Gasteiger charge is 2.20. The summed E-state index contributed by atoms with van der Waals surface area (Å²) >= 11 is 1.30. The third-order valence-corrected chi connectivity index (χ3v) is 4.17. The number of carbonyl (C=O) groups is 1. The Hall–Kier alpha value is -2.22. The maximum atomic E-state index is 11.5. The normalized spacial score (nSPS) is 13.3. The minimum Gasteiger partial charge on any atom is -0.398 e. The van der Waals surface area contributed by atoms with E-state index in [9.17, 15) is 9.59 Å². The molecule has 0 aliphatic carbocycles. The molecule has 1 aromatic carbocycles. The van der Waals surface area contributed by atoms with Crippen LogP contribution < -0.4 is 16.7 Å². The van der Waals surface area contributed by atoms with Crippen molar-refractivity contribution in [1.29, 1.82) is 0 Å². The van der Waals surface area contributed by atoms with Crippen LogP contribution in [-0.4, -0.2) is 20.7 Å². The van der Waals surface area contributed by atoms with Gasteiger partial charge in [-0.05, 0) is 36.4 Å². The number of aromatic amines is 1. The average Bonchev–Trinajstić information content (AvgIpc) is 2.92. The molecule has 7 nitrogen and oxygen atoms in total. The predicted octanol–water partition coefficient (Wildman–Crippen LogP) is 0.819. The van der Waals surface area contributed by atoms with Gasteiger partial charge in [0.15, 0.2) is 5.16 Å². The summed E-state index contributed by atoms with van der Waals surface area (Å²) in [7, 11) is 0. The number of carbonyl (C=O) groups excluding carboxylic acids is 1. The van der Waals surface area contributed by atoms with E-state index in [2.05, 4.69) is 15.5 Å². The highest BCUT2D eigenvalue weighted by Crippen LogP contribution is 2.36. The SMILES string of the molecule is CCn1c(Sc2cc3c(cc2N)CC(=O)N3)n[nH]c1=O. The van der Waals surface area contributed by atoms with Gasteiger partial charge in [0, 0.05) is 22.8 Å². The number of hydrogen-bond donors (Lipinski definition) is 3. The zero-order valence-electron chi connectivity index (χ0n) is 10.8. The summed E-state index contributed by atoms with van der Waals surface area (Å²) < 4.78 is 1.52. The molecular formula is C12H13N5O2S. The molecule has 1 amide bonds. The Morgan fingerprint density at radius 2 is 2.25 bits per heavy atom. The van der Waals surface area contributed by atoms with Crippen LogP contribution in [0.2, 0.25) is 0 Å². The van der Waals surface area contributed by atoms with Crippen molar-refractivity contribution < 1.29 is 4.79 Å². The van der Waals surface area contributed by atoms with Crippen molar-refractivity contribution in [2.75, 3.05) is 11.1 Å². The molecule has 0 atom stereocenters. The van der Waals surface area contributed by atoms with Crippen molar-refractivity contribution in [3.05, 3.63) is 28.2 Å². The molecule has 2 heterocycles. The number of nitrogens with zero attached hydrogens (tertiary/aromatic N) is 2.